The van der Waals surface area contributed by atoms with Crippen LogP contribution < -0.4 is 20.9 Å². The van der Waals surface area contributed by atoms with Crippen molar-refractivity contribution in [1.29, 1.82) is 5.26 Å². The zero-order valence-corrected chi connectivity index (χ0v) is 18.3. The van der Waals surface area contributed by atoms with Crippen LogP contribution in [0.1, 0.15) is 18.4 Å². The van der Waals surface area contributed by atoms with E-state index in [-0.39, 0.29) is 24.5 Å². The van der Waals surface area contributed by atoms with Crippen molar-refractivity contribution in [2.75, 3.05) is 18.1 Å². The number of nitrogens with zero attached hydrogens (tertiary/aromatic N) is 1. The summed E-state index contributed by atoms with van der Waals surface area (Å²) in [6.07, 6.45) is 5.00. The third kappa shape index (κ3) is 7.14. The first-order valence-corrected chi connectivity index (χ1v) is 10.4. The minimum atomic E-state index is -0.506. The Labute approximate surface area is 197 Å². The number of ether oxygens (including phenoxy) is 3. The van der Waals surface area contributed by atoms with Crippen LogP contribution in [0.4, 0.5) is 11.4 Å². The van der Waals surface area contributed by atoms with E-state index in [9.17, 15) is 9.59 Å². The second-order valence-corrected chi connectivity index (χ2v) is 7.22. The Morgan fingerprint density at radius 1 is 0.941 bits per heavy atom. The molecule has 0 amide bonds. The predicted octanol–water partition coefficient (Wildman–Crippen LogP) is 4.32. The molecule has 3 aromatic rings. The molecule has 0 aromatic heterocycles. The highest BCUT2D eigenvalue weighted by atomic mass is 16.5. The Morgan fingerprint density at radius 3 is 2.26 bits per heavy atom. The van der Waals surface area contributed by atoms with Crippen LogP contribution in [-0.4, -0.2) is 18.5 Å². The van der Waals surface area contributed by atoms with Crippen LogP contribution in [-0.2, 0) is 14.3 Å². The number of hydrogen-bond donors (Lipinski definition) is 2. The first kappa shape index (κ1) is 23.9. The zero-order valence-electron chi connectivity index (χ0n) is 18.3. The molecular weight excluding hydrogens is 434 g/mol. The Bertz CT molecular complexity index is 1210. The number of rotatable bonds is 9. The van der Waals surface area contributed by atoms with E-state index in [0.29, 0.717) is 17.9 Å². The van der Waals surface area contributed by atoms with Gasteiger partial charge in [-0.15, -0.1) is 5.26 Å². The van der Waals surface area contributed by atoms with E-state index in [1.165, 1.54) is 18.2 Å². The van der Waals surface area contributed by atoms with Crippen LogP contribution >= 0.6 is 0 Å². The summed E-state index contributed by atoms with van der Waals surface area (Å²) in [6.45, 7) is 0.0833. The summed E-state index contributed by atoms with van der Waals surface area (Å²) in [7, 11) is 0. The molecule has 0 unspecified atom stereocenters. The molecule has 0 aliphatic carbocycles. The fourth-order valence-corrected chi connectivity index (χ4v) is 2.99. The third-order valence-electron chi connectivity index (χ3n) is 4.70. The molecule has 0 radical (unpaired) electrons. The Morgan fingerprint density at radius 2 is 1.62 bits per heavy atom. The van der Waals surface area contributed by atoms with E-state index < -0.39 is 11.9 Å². The van der Waals surface area contributed by atoms with Gasteiger partial charge in [0.05, 0.1) is 12.3 Å². The van der Waals surface area contributed by atoms with Crippen LogP contribution in [0.2, 0.25) is 0 Å². The van der Waals surface area contributed by atoms with E-state index in [1.807, 2.05) is 36.4 Å². The fraction of sp³-hybridized carbons (Fsp3) is 0.115. The van der Waals surface area contributed by atoms with Gasteiger partial charge in [0.25, 0.3) is 6.26 Å². The number of hydrogen-bond acceptors (Lipinski definition) is 8. The normalized spacial score (nSPS) is 10.4. The highest BCUT2D eigenvalue weighted by Crippen LogP contribution is 2.24. The predicted molar refractivity (Wildman–Crippen MR) is 128 cm³/mol. The quantitative estimate of drug-likeness (QED) is 0.121. The highest BCUT2D eigenvalue weighted by molar-refractivity contribution is 5.87. The first-order valence-electron chi connectivity index (χ1n) is 10.4. The molecule has 0 saturated heterocycles. The summed E-state index contributed by atoms with van der Waals surface area (Å²) in [5, 5.41) is 8.54. The first-order chi connectivity index (χ1) is 16.4. The number of carbonyl (C=O) groups excluding carboxylic acids is 2. The van der Waals surface area contributed by atoms with Crippen molar-refractivity contribution in [3.8, 4) is 28.9 Å². The summed E-state index contributed by atoms with van der Waals surface area (Å²) < 4.78 is 15.1. The Hall–Kier alpha value is -4.77. The van der Waals surface area contributed by atoms with Gasteiger partial charge in [0, 0.05) is 18.2 Å². The van der Waals surface area contributed by atoms with Gasteiger partial charge in [0.1, 0.15) is 5.75 Å². The molecule has 8 heteroatoms. The molecule has 4 N–H and O–H groups in total. The van der Waals surface area contributed by atoms with Crippen LogP contribution in [0.25, 0.3) is 17.2 Å². The molecule has 172 valence electrons. The van der Waals surface area contributed by atoms with Crippen molar-refractivity contribution in [3.05, 3.63) is 78.4 Å². The lowest BCUT2D eigenvalue weighted by molar-refractivity contribution is -0.140. The smallest absolute Gasteiger partial charge is 0.330 e. The monoisotopic (exact) mass is 457 g/mol. The van der Waals surface area contributed by atoms with Gasteiger partial charge in [-0.3, -0.25) is 4.79 Å². The third-order valence-corrected chi connectivity index (χ3v) is 4.70. The average molecular weight is 457 g/mol. The van der Waals surface area contributed by atoms with Crippen LogP contribution in [0, 0.1) is 11.5 Å². The molecule has 8 nitrogen and oxygen atoms in total. The second-order valence-electron chi connectivity index (χ2n) is 7.22. The molecule has 0 fully saturated rings. The summed E-state index contributed by atoms with van der Waals surface area (Å²) >= 11 is 0. The summed E-state index contributed by atoms with van der Waals surface area (Å²) in [4.78, 5) is 23.8. The zero-order chi connectivity index (χ0) is 24.3. The minimum Gasteiger partial charge on any atom is -0.463 e. The van der Waals surface area contributed by atoms with Crippen molar-refractivity contribution in [2.45, 2.75) is 12.8 Å². The number of benzene rings is 3. The fourth-order valence-electron chi connectivity index (χ4n) is 2.99. The number of anilines is 2. The minimum absolute atomic E-state index is 0.0753. The van der Waals surface area contributed by atoms with Crippen LogP contribution in [0.15, 0.2) is 72.8 Å². The van der Waals surface area contributed by atoms with Gasteiger partial charge < -0.3 is 25.7 Å². The van der Waals surface area contributed by atoms with E-state index in [2.05, 4.69) is 0 Å². The number of carbonyl (C=O) groups is 2. The lowest BCUT2D eigenvalue weighted by Gasteiger charge is -2.07. The van der Waals surface area contributed by atoms with Gasteiger partial charge in [0.2, 0.25) is 0 Å². The Kier molecular flexibility index (Phi) is 8.25. The van der Waals surface area contributed by atoms with Gasteiger partial charge in [0.15, 0.2) is 5.75 Å². The van der Waals surface area contributed by atoms with E-state index >= 15 is 0 Å². The maximum Gasteiger partial charge on any atom is 0.330 e. The van der Waals surface area contributed by atoms with Crippen molar-refractivity contribution in [2.24, 2.45) is 0 Å². The molecule has 0 aliphatic heterocycles. The Balaban J connectivity index is 1.40. The topological polar surface area (TPSA) is 138 Å². The lowest BCUT2D eigenvalue weighted by Crippen LogP contribution is -2.11. The van der Waals surface area contributed by atoms with Gasteiger partial charge >= 0.3 is 11.9 Å². The standard InChI is InChI=1S/C26H23N3O5/c27-17-33-22-11-8-20(9-12-22)19-6-3-18(4-7-19)5-14-25(30)32-15-1-2-26(31)34-24-13-10-21(28)16-23(24)29/h3-14,16H,1-2,15,28-29H2/b14-5+. The van der Waals surface area contributed by atoms with E-state index in [1.54, 1.807) is 30.5 Å². The molecule has 0 heterocycles. The van der Waals surface area contributed by atoms with Crippen molar-refractivity contribution in [1.82, 2.24) is 0 Å². The maximum absolute atomic E-state index is 11.9. The largest absolute Gasteiger partial charge is 0.463 e. The number of nitriles is 1. The van der Waals surface area contributed by atoms with E-state index in [4.69, 9.17) is 30.9 Å². The molecule has 34 heavy (non-hydrogen) atoms. The second kappa shape index (κ2) is 11.7. The van der Waals surface area contributed by atoms with Crippen LogP contribution in [0.5, 0.6) is 11.5 Å². The summed E-state index contributed by atoms with van der Waals surface area (Å²) in [5.74, 6) is -0.258. The summed E-state index contributed by atoms with van der Waals surface area (Å²) in [5.41, 5.74) is 14.9. The van der Waals surface area contributed by atoms with E-state index in [0.717, 1.165) is 16.7 Å². The highest BCUT2D eigenvalue weighted by Gasteiger charge is 2.08. The van der Waals surface area contributed by atoms with Gasteiger partial charge in [-0.2, -0.15) is 0 Å². The molecule has 0 atom stereocenters. The maximum atomic E-state index is 11.9. The van der Waals surface area contributed by atoms with Crippen molar-refractivity contribution >= 4 is 29.4 Å². The lowest BCUT2D eigenvalue weighted by atomic mass is 10.0. The molecule has 3 aromatic carbocycles. The molecule has 0 saturated carbocycles. The summed E-state index contributed by atoms with van der Waals surface area (Å²) in [6, 6.07) is 19.4. The average Bonchev–Trinajstić information content (AvgIpc) is 2.83. The SMILES string of the molecule is N#COc1ccc(-c2ccc(/C=C/C(=O)OCCCC(=O)Oc3ccc(N)cc3N)cc2)cc1. The molecule has 0 spiro atoms. The molecular formula is C26H23N3O5. The van der Waals surface area contributed by atoms with Crippen LogP contribution in [0.3, 0.4) is 0 Å². The number of esters is 2. The molecule has 3 rings (SSSR count). The van der Waals surface area contributed by atoms with Crippen molar-refractivity contribution in [3.63, 3.8) is 0 Å². The van der Waals surface area contributed by atoms with Crippen molar-refractivity contribution < 1.29 is 23.8 Å². The molecule has 0 bridgehead atoms. The van der Waals surface area contributed by atoms with Gasteiger partial charge in [-0.25, -0.2) is 4.79 Å². The molecule has 0 aliphatic rings. The van der Waals surface area contributed by atoms with Gasteiger partial charge in [-0.05, 0) is 59.5 Å². The van der Waals surface area contributed by atoms with Gasteiger partial charge in [-0.1, -0.05) is 36.4 Å². The number of nitrogens with two attached hydrogens (primary N) is 2. The number of nitrogen functional groups attached to an aromatic ring is 2.